The number of H-pyrrole nitrogens is 1. The van der Waals surface area contributed by atoms with Crippen LogP contribution in [0.15, 0.2) is 53.6 Å². The minimum Gasteiger partial charge on any atom is -0.368 e. The van der Waals surface area contributed by atoms with Gasteiger partial charge in [-0.2, -0.15) is 0 Å². The van der Waals surface area contributed by atoms with Crippen molar-refractivity contribution in [1.29, 1.82) is 0 Å². The van der Waals surface area contributed by atoms with Gasteiger partial charge in [-0.15, -0.1) is 0 Å². The predicted molar refractivity (Wildman–Crippen MR) is 187 cm³/mol. The summed E-state index contributed by atoms with van der Waals surface area (Å²) in [6, 6.07) is 13.5. The molecule has 1 saturated heterocycles. The van der Waals surface area contributed by atoms with Gasteiger partial charge in [0, 0.05) is 104 Å². The minimum absolute atomic E-state index is 0.0430. The molecular weight excluding hydrogens is 576 g/mol. The van der Waals surface area contributed by atoms with E-state index in [1.54, 1.807) is 6.92 Å². The SMILES string of the molecule is CCN(c1cc(-c2ccc(N3CCNCC3)nc2)cc2c(NCc3c(C)cc(C)[nH]c3=O)nccc12)C1CCC(NC(C)=O)CC1. The molecule has 46 heavy (non-hydrogen) atoms. The van der Waals surface area contributed by atoms with E-state index in [1.165, 1.54) is 5.69 Å². The smallest absolute Gasteiger partial charge is 0.253 e. The first-order chi connectivity index (χ1) is 22.3. The molecule has 242 valence electrons. The number of pyridine rings is 3. The summed E-state index contributed by atoms with van der Waals surface area (Å²) in [7, 11) is 0. The van der Waals surface area contributed by atoms with Crippen molar-refractivity contribution in [2.24, 2.45) is 0 Å². The Kier molecular flexibility index (Phi) is 9.53. The van der Waals surface area contributed by atoms with Crippen LogP contribution in [0.4, 0.5) is 17.3 Å². The molecule has 0 atom stereocenters. The lowest BCUT2D eigenvalue weighted by Gasteiger charge is -2.38. The van der Waals surface area contributed by atoms with Crippen LogP contribution in [0.1, 0.15) is 56.4 Å². The number of nitrogens with one attached hydrogen (secondary N) is 4. The van der Waals surface area contributed by atoms with Crippen molar-refractivity contribution >= 4 is 34.0 Å². The summed E-state index contributed by atoms with van der Waals surface area (Å²) in [5.41, 5.74) is 5.73. The van der Waals surface area contributed by atoms with E-state index in [0.29, 0.717) is 18.2 Å². The van der Waals surface area contributed by atoms with E-state index in [9.17, 15) is 9.59 Å². The molecule has 2 aliphatic rings. The summed E-state index contributed by atoms with van der Waals surface area (Å²) >= 11 is 0. The number of benzene rings is 1. The van der Waals surface area contributed by atoms with Crippen LogP contribution in [0.2, 0.25) is 0 Å². The van der Waals surface area contributed by atoms with Crippen molar-refractivity contribution in [2.75, 3.05) is 47.8 Å². The molecule has 10 nitrogen and oxygen atoms in total. The molecule has 10 heteroatoms. The second kappa shape index (κ2) is 13.9. The van der Waals surface area contributed by atoms with Gasteiger partial charge in [0.05, 0.1) is 0 Å². The summed E-state index contributed by atoms with van der Waals surface area (Å²) in [4.78, 5) is 41.9. The van der Waals surface area contributed by atoms with Gasteiger partial charge in [-0.1, -0.05) is 0 Å². The van der Waals surface area contributed by atoms with E-state index in [-0.39, 0.29) is 17.5 Å². The Morgan fingerprint density at radius 1 is 1.00 bits per heavy atom. The number of nitrogens with zero attached hydrogens (tertiary/aromatic N) is 4. The maximum atomic E-state index is 12.8. The highest BCUT2D eigenvalue weighted by molar-refractivity contribution is 6.03. The molecule has 0 spiro atoms. The molecule has 1 aliphatic heterocycles. The normalized spacial score (nSPS) is 18.4. The molecule has 4 aromatic rings. The van der Waals surface area contributed by atoms with E-state index >= 15 is 0 Å². The van der Waals surface area contributed by atoms with Crippen molar-refractivity contribution in [2.45, 2.75) is 72.0 Å². The number of fused-ring (bicyclic) bond motifs is 1. The average Bonchev–Trinajstić information content (AvgIpc) is 3.05. The van der Waals surface area contributed by atoms with Crippen molar-refractivity contribution in [3.8, 4) is 11.1 Å². The summed E-state index contributed by atoms with van der Waals surface area (Å²) < 4.78 is 0. The number of carbonyl (C=O) groups is 1. The molecule has 4 N–H and O–H groups in total. The number of aromatic amines is 1. The quantitative estimate of drug-likeness (QED) is 0.208. The number of aromatic nitrogens is 3. The molecule has 1 aromatic carbocycles. The maximum Gasteiger partial charge on any atom is 0.253 e. The van der Waals surface area contributed by atoms with E-state index in [2.05, 4.69) is 68.0 Å². The lowest BCUT2D eigenvalue weighted by Crippen LogP contribution is -2.43. The molecule has 1 amide bonds. The van der Waals surface area contributed by atoms with Crippen LogP contribution in [0.5, 0.6) is 0 Å². The lowest BCUT2D eigenvalue weighted by atomic mass is 9.89. The molecule has 4 heterocycles. The van der Waals surface area contributed by atoms with Crippen LogP contribution in [0.3, 0.4) is 0 Å². The van der Waals surface area contributed by atoms with Gasteiger partial charge >= 0.3 is 0 Å². The Balaban J connectivity index is 1.38. The number of carbonyl (C=O) groups excluding carboxylic acids is 1. The van der Waals surface area contributed by atoms with Gasteiger partial charge in [-0.3, -0.25) is 9.59 Å². The van der Waals surface area contributed by atoms with Gasteiger partial charge in [-0.05, 0) is 94.0 Å². The fourth-order valence-electron chi connectivity index (χ4n) is 7.17. The van der Waals surface area contributed by atoms with E-state index in [0.717, 1.165) is 103 Å². The fraction of sp³-hybridized carbons (Fsp3) is 0.444. The predicted octanol–water partition coefficient (Wildman–Crippen LogP) is 4.90. The topological polar surface area (TPSA) is 118 Å². The highest BCUT2D eigenvalue weighted by Gasteiger charge is 2.27. The average molecular weight is 623 g/mol. The Morgan fingerprint density at radius 3 is 2.46 bits per heavy atom. The number of hydrogen-bond acceptors (Lipinski definition) is 8. The van der Waals surface area contributed by atoms with Crippen molar-refractivity contribution < 1.29 is 4.79 Å². The third-order valence-electron chi connectivity index (χ3n) is 9.50. The number of amides is 1. The number of piperazine rings is 1. The molecule has 1 aliphatic carbocycles. The van der Waals surface area contributed by atoms with Gasteiger partial charge < -0.3 is 30.7 Å². The molecule has 0 bridgehead atoms. The van der Waals surface area contributed by atoms with Crippen LogP contribution in [-0.2, 0) is 11.3 Å². The first-order valence-electron chi connectivity index (χ1n) is 16.6. The van der Waals surface area contributed by atoms with E-state index < -0.39 is 0 Å². The number of rotatable bonds is 9. The van der Waals surface area contributed by atoms with E-state index in [1.807, 2.05) is 32.3 Å². The Labute approximate surface area is 271 Å². The van der Waals surface area contributed by atoms with Gasteiger partial charge in [0.15, 0.2) is 0 Å². The molecule has 0 unspecified atom stereocenters. The summed E-state index contributed by atoms with van der Waals surface area (Å²) in [6.45, 7) is 12.8. The molecular formula is C36H46N8O2. The second-order valence-corrected chi connectivity index (χ2v) is 12.7. The summed E-state index contributed by atoms with van der Waals surface area (Å²) in [6.07, 6.45) is 7.79. The molecule has 3 aromatic heterocycles. The summed E-state index contributed by atoms with van der Waals surface area (Å²) in [5, 5.41) is 12.2. The number of hydrogen-bond donors (Lipinski definition) is 4. The van der Waals surface area contributed by atoms with Gasteiger partial charge in [0.2, 0.25) is 5.91 Å². The third kappa shape index (κ3) is 6.87. The van der Waals surface area contributed by atoms with Crippen LogP contribution in [-0.4, -0.2) is 65.7 Å². The Hall–Kier alpha value is -4.44. The van der Waals surface area contributed by atoms with Crippen LogP contribution in [0, 0.1) is 13.8 Å². The second-order valence-electron chi connectivity index (χ2n) is 12.7. The standard InChI is InChI=1S/C36H46N8O2/c1-5-44(29-9-7-28(8-10-29)42-25(4)45)33-20-27(26-6-11-34(39-21-26)43-16-14-37-15-17-43)19-31-30(33)12-13-38-35(31)40-22-32-23(2)18-24(3)41-36(32)46/h6,11-13,18-21,28-29,37H,5,7-10,14-17,22H2,1-4H3,(H,38,40)(H,41,46)(H,42,45). The van der Waals surface area contributed by atoms with Crippen molar-refractivity contribution in [3.05, 3.63) is 76.0 Å². The maximum absolute atomic E-state index is 12.8. The first kappa shape index (κ1) is 31.5. The first-order valence-corrected chi connectivity index (χ1v) is 16.6. The highest BCUT2D eigenvalue weighted by atomic mass is 16.1. The van der Waals surface area contributed by atoms with Crippen molar-refractivity contribution in [3.63, 3.8) is 0 Å². The largest absolute Gasteiger partial charge is 0.368 e. The van der Waals surface area contributed by atoms with Gasteiger partial charge in [-0.25, -0.2) is 9.97 Å². The van der Waals surface area contributed by atoms with Crippen LogP contribution in [0.25, 0.3) is 21.9 Å². The third-order valence-corrected chi connectivity index (χ3v) is 9.50. The zero-order valence-corrected chi connectivity index (χ0v) is 27.4. The van der Waals surface area contributed by atoms with E-state index in [4.69, 9.17) is 9.97 Å². The molecule has 0 radical (unpaired) electrons. The Morgan fingerprint density at radius 2 is 1.78 bits per heavy atom. The Bertz CT molecular complexity index is 1740. The number of anilines is 3. The highest BCUT2D eigenvalue weighted by Crippen LogP contribution is 2.39. The van der Waals surface area contributed by atoms with Crippen molar-refractivity contribution in [1.82, 2.24) is 25.6 Å². The summed E-state index contributed by atoms with van der Waals surface area (Å²) in [5.74, 6) is 1.79. The zero-order chi connectivity index (χ0) is 32.2. The molecule has 2 fully saturated rings. The number of aryl methyl sites for hydroxylation is 2. The monoisotopic (exact) mass is 622 g/mol. The molecule has 6 rings (SSSR count). The minimum atomic E-state index is -0.0747. The van der Waals surface area contributed by atoms with Crippen LogP contribution >= 0.6 is 0 Å². The van der Waals surface area contributed by atoms with Gasteiger partial charge in [0.25, 0.3) is 5.56 Å². The lowest BCUT2D eigenvalue weighted by molar-refractivity contribution is -0.119. The fourth-order valence-corrected chi connectivity index (χ4v) is 7.17. The zero-order valence-electron chi connectivity index (χ0n) is 27.4. The molecule has 1 saturated carbocycles. The van der Waals surface area contributed by atoms with Gasteiger partial charge in [0.1, 0.15) is 11.6 Å². The van der Waals surface area contributed by atoms with Crippen LogP contribution < -0.4 is 31.3 Å².